The van der Waals surface area contributed by atoms with Gasteiger partial charge in [-0.2, -0.15) is 0 Å². The number of aliphatic carboxylic acids is 1. The van der Waals surface area contributed by atoms with Gasteiger partial charge in [0, 0.05) is 25.0 Å². The topological polar surface area (TPSA) is 72.4 Å². The fourth-order valence-corrected chi connectivity index (χ4v) is 1.10. The number of carboxylic acid groups (broad SMARTS) is 1. The van der Waals surface area contributed by atoms with Gasteiger partial charge in [0.15, 0.2) is 0 Å². The Kier molecular flexibility index (Phi) is 2.24. The van der Waals surface area contributed by atoms with Crippen molar-refractivity contribution < 1.29 is 15.0 Å². The molecule has 58 valence electrons. The van der Waals surface area contributed by atoms with Crippen LogP contribution in [-0.2, 0) is 4.79 Å². The lowest BCUT2D eigenvalue weighted by Gasteiger charge is -2.27. The molecule has 0 aromatic carbocycles. The second-order valence-electron chi connectivity index (χ2n) is 2.56. The lowest BCUT2D eigenvalue weighted by atomic mass is 9.98. The van der Waals surface area contributed by atoms with Crippen LogP contribution < -0.4 is 10.4 Å². The van der Waals surface area contributed by atoms with Crippen LogP contribution in [0.15, 0.2) is 0 Å². The summed E-state index contributed by atoms with van der Waals surface area (Å²) in [6.07, 6.45) is -0.216. The second kappa shape index (κ2) is 2.98. The van der Waals surface area contributed by atoms with Crippen LogP contribution >= 0.6 is 0 Å². The highest BCUT2D eigenvalue weighted by Gasteiger charge is 2.19. The SMILES string of the molecule is O=C([O-])C1CNC[C@H](O)C1. The third-order valence-corrected chi connectivity index (χ3v) is 1.66. The first-order valence-electron chi connectivity index (χ1n) is 3.30. The van der Waals surface area contributed by atoms with Crippen LogP contribution in [-0.4, -0.2) is 30.3 Å². The Morgan fingerprint density at radius 1 is 1.60 bits per heavy atom. The van der Waals surface area contributed by atoms with E-state index in [1.165, 1.54) is 0 Å². The first kappa shape index (κ1) is 7.50. The number of β-amino-alcohol motifs (C(OH)–C–C–N with tert-alkyl or cyclic N) is 1. The fourth-order valence-electron chi connectivity index (χ4n) is 1.10. The van der Waals surface area contributed by atoms with E-state index in [4.69, 9.17) is 5.11 Å². The van der Waals surface area contributed by atoms with E-state index in [1.807, 2.05) is 0 Å². The molecule has 10 heavy (non-hydrogen) atoms. The van der Waals surface area contributed by atoms with E-state index in [-0.39, 0.29) is 0 Å². The molecule has 4 heteroatoms. The normalized spacial score (nSPS) is 33.7. The molecule has 0 radical (unpaired) electrons. The molecule has 1 heterocycles. The first-order chi connectivity index (χ1) is 4.70. The summed E-state index contributed by atoms with van der Waals surface area (Å²) in [7, 11) is 0. The molecule has 2 atom stereocenters. The number of piperidine rings is 1. The first-order valence-corrected chi connectivity index (χ1v) is 3.30. The molecule has 1 aliphatic rings. The molecule has 1 fully saturated rings. The fraction of sp³-hybridized carbons (Fsp3) is 0.833. The molecule has 0 saturated carbocycles. The maximum atomic E-state index is 10.2. The minimum atomic E-state index is -1.08. The molecule has 1 aliphatic heterocycles. The summed E-state index contributed by atoms with van der Waals surface area (Å²) in [6, 6.07) is 0. The summed E-state index contributed by atoms with van der Waals surface area (Å²) in [6.45, 7) is 0.906. The van der Waals surface area contributed by atoms with Gasteiger partial charge in [-0.3, -0.25) is 0 Å². The minimum Gasteiger partial charge on any atom is -0.550 e. The van der Waals surface area contributed by atoms with E-state index in [0.717, 1.165) is 0 Å². The molecule has 0 bridgehead atoms. The molecule has 1 saturated heterocycles. The Hall–Kier alpha value is -0.610. The molecule has 0 aromatic rings. The van der Waals surface area contributed by atoms with Gasteiger partial charge >= 0.3 is 0 Å². The van der Waals surface area contributed by atoms with E-state index in [9.17, 15) is 9.90 Å². The van der Waals surface area contributed by atoms with Crippen LogP contribution in [0.5, 0.6) is 0 Å². The Morgan fingerprint density at radius 2 is 2.30 bits per heavy atom. The molecule has 0 spiro atoms. The summed E-state index contributed by atoms with van der Waals surface area (Å²) in [5.74, 6) is -1.60. The van der Waals surface area contributed by atoms with Crippen LogP contribution in [0, 0.1) is 5.92 Å². The molecule has 1 rings (SSSR count). The van der Waals surface area contributed by atoms with Crippen molar-refractivity contribution in [2.45, 2.75) is 12.5 Å². The quantitative estimate of drug-likeness (QED) is 0.434. The second-order valence-corrected chi connectivity index (χ2v) is 2.56. The lowest BCUT2D eigenvalue weighted by Crippen LogP contribution is -2.46. The number of carbonyl (C=O) groups is 1. The van der Waals surface area contributed by atoms with Gasteiger partial charge < -0.3 is 20.3 Å². The van der Waals surface area contributed by atoms with Gasteiger partial charge in [0.25, 0.3) is 0 Å². The van der Waals surface area contributed by atoms with Crippen molar-refractivity contribution in [2.75, 3.05) is 13.1 Å². The highest BCUT2D eigenvalue weighted by Crippen LogP contribution is 2.08. The number of hydrogen-bond acceptors (Lipinski definition) is 4. The van der Waals surface area contributed by atoms with Gasteiger partial charge in [-0.15, -0.1) is 0 Å². The highest BCUT2D eigenvalue weighted by atomic mass is 16.4. The van der Waals surface area contributed by atoms with E-state index in [1.54, 1.807) is 0 Å². The maximum absolute atomic E-state index is 10.2. The molecule has 4 nitrogen and oxygen atoms in total. The van der Waals surface area contributed by atoms with Crippen LogP contribution in [0.1, 0.15) is 6.42 Å². The van der Waals surface area contributed by atoms with Crippen molar-refractivity contribution in [2.24, 2.45) is 5.92 Å². The van der Waals surface area contributed by atoms with Gasteiger partial charge in [-0.1, -0.05) is 0 Å². The van der Waals surface area contributed by atoms with Crippen molar-refractivity contribution in [1.82, 2.24) is 5.32 Å². The van der Waals surface area contributed by atoms with Crippen LogP contribution in [0.4, 0.5) is 0 Å². The maximum Gasteiger partial charge on any atom is 0.0671 e. The molecule has 0 amide bonds. The van der Waals surface area contributed by atoms with Crippen molar-refractivity contribution in [3.63, 3.8) is 0 Å². The van der Waals surface area contributed by atoms with Gasteiger partial charge in [-0.25, -0.2) is 0 Å². The summed E-state index contributed by atoms with van der Waals surface area (Å²) in [5.41, 5.74) is 0. The van der Waals surface area contributed by atoms with E-state index in [2.05, 4.69) is 5.32 Å². The average Bonchev–Trinajstić information content (AvgIpc) is 1.88. The third-order valence-electron chi connectivity index (χ3n) is 1.66. The Morgan fingerprint density at radius 3 is 2.70 bits per heavy atom. The van der Waals surface area contributed by atoms with Crippen molar-refractivity contribution >= 4 is 5.97 Å². The van der Waals surface area contributed by atoms with E-state index < -0.39 is 18.0 Å². The predicted octanol–water partition coefficient (Wildman–Crippen LogP) is -2.29. The minimum absolute atomic E-state index is 0.315. The van der Waals surface area contributed by atoms with Crippen molar-refractivity contribution in [3.05, 3.63) is 0 Å². The molecule has 0 aliphatic carbocycles. The van der Waals surface area contributed by atoms with Crippen molar-refractivity contribution in [1.29, 1.82) is 0 Å². The summed E-state index contributed by atoms with van der Waals surface area (Å²) < 4.78 is 0. The Labute approximate surface area is 58.9 Å². The molecule has 2 N–H and O–H groups in total. The molecular formula is C6H10NO3-. The lowest BCUT2D eigenvalue weighted by molar-refractivity contribution is -0.312. The standard InChI is InChI=1S/C6H11NO3/c8-5-1-4(6(9)10)2-7-3-5/h4-5,7-8H,1-3H2,(H,9,10)/p-1/t4?,5-/m1/s1. The summed E-state index contributed by atoms with van der Waals surface area (Å²) >= 11 is 0. The zero-order valence-electron chi connectivity index (χ0n) is 5.54. The summed E-state index contributed by atoms with van der Waals surface area (Å²) in [4.78, 5) is 10.2. The monoisotopic (exact) mass is 144 g/mol. The smallest absolute Gasteiger partial charge is 0.0671 e. The Balaban J connectivity index is 2.39. The zero-order valence-corrected chi connectivity index (χ0v) is 5.54. The number of carboxylic acids is 1. The van der Waals surface area contributed by atoms with Gasteiger partial charge in [0.2, 0.25) is 0 Å². The van der Waals surface area contributed by atoms with Gasteiger partial charge in [-0.05, 0) is 6.42 Å². The number of aliphatic hydroxyl groups excluding tert-OH is 1. The summed E-state index contributed by atoms with van der Waals surface area (Å²) in [5, 5.41) is 22.0. The average molecular weight is 144 g/mol. The third kappa shape index (κ3) is 1.68. The van der Waals surface area contributed by atoms with Gasteiger partial charge in [0.05, 0.1) is 6.10 Å². The van der Waals surface area contributed by atoms with Crippen LogP contribution in [0.3, 0.4) is 0 Å². The largest absolute Gasteiger partial charge is 0.550 e. The number of hydrogen-bond donors (Lipinski definition) is 2. The molecule has 1 unspecified atom stereocenters. The number of aliphatic hydroxyl groups is 1. The van der Waals surface area contributed by atoms with E-state index in [0.29, 0.717) is 19.5 Å². The number of nitrogens with one attached hydrogen (secondary N) is 1. The van der Waals surface area contributed by atoms with Crippen LogP contribution in [0.25, 0.3) is 0 Å². The highest BCUT2D eigenvalue weighted by molar-refractivity contribution is 5.68. The van der Waals surface area contributed by atoms with E-state index >= 15 is 0 Å². The Bertz CT molecular complexity index is 137. The molecule has 0 aromatic heterocycles. The predicted molar refractivity (Wildman–Crippen MR) is 32.0 cm³/mol. The zero-order chi connectivity index (χ0) is 7.56. The number of carbonyl (C=O) groups excluding carboxylic acids is 1. The molecular weight excluding hydrogens is 134 g/mol. The van der Waals surface area contributed by atoms with Gasteiger partial charge in [0.1, 0.15) is 0 Å². The van der Waals surface area contributed by atoms with Crippen LogP contribution in [0.2, 0.25) is 0 Å². The number of rotatable bonds is 1. The van der Waals surface area contributed by atoms with Crippen molar-refractivity contribution in [3.8, 4) is 0 Å².